The zero-order valence-corrected chi connectivity index (χ0v) is 13.2. The Bertz CT molecular complexity index is 239. The number of hydrogen-bond donors (Lipinski definition) is 2. The molecule has 2 N–H and O–H groups in total. The lowest BCUT2D eigenvalue weighted by Crippen LogP contribution is -2.41. The van der Waals surface area contributed by atoms with E-state index in [1.165, 1.54) is 25.0 Å². The average molecular weight is 290 g/mol. The second kappa shape index (κ2) is 9.87. The molecule has 1 aliphatic rings. The van der Waals surface area contributed by atoms with Crippen molar-refractivity contribution in [2.75, 3.05) is 25.5 Å². The summed E-state index contributed by atoms with van der Waals surface area (Å²) in [4.78, 5) is 0. The highest BCUT2D eigenvalue weighted by Gasteiger charge is 2.24. The van der Waals surface area contributed by atoms with Crippen molar-refractivity contribution in [3.8, 4) is 0 Å². The zero-order chi connectivity index (χ0) is 13.2. The first kappa shape index (κ1) is 16.1. The Labute approximate surface area is 121 Å². The highest BCUT2D eigenvalue weighted by atomic mass is 32.2. The lowest BCUT2D eigenvalue weighted by Gasteiger charge is -2.16. The van der Waals surface area contributed by atoms with Crippen molar-refractivity contribution in [1.82, 2.24) is 10.6 Å². The van der Waals surface area contributed by atoms with Crippen LogP contribution in [0.3, 0.4) is 0 Å². The summed E-state index contributed by atoms with van der Waals surface area (Å²) < 4.78 is 5.28. The Morgan fingerprint density at radius 1 is 1.39 bits per heavy atom. The topological polar surface area (TPSA) is 33.3 Å². The first-order chi connectivity index (χ1) is 8.76. The van der Waals surface area contributed by atoms with Gasteiger partial charge in [0.2, 0.25) is 0 Å². The first-order valence-corrected chi connectivity index (χ1v) is 8.45. The third-order valence-electron chi connectivity index (χ3n) is 3.08. The molecule has 0 aromatic heterocycles. The molecule has 0 aromatic rings. The van der Waals surface area contributed by atoms with E-state index in [-0.39, 0.29) is 0 Å². The largest absolute Gasteiger partial charge is 0.382 e. The molecular formula is C13H26N2OS2. The summed E-state index contributed by atoms with van der Waals surface area (Å²) in [5.74, 6) is 1.22. The number of ether oxygens (including phenoxy) is 1. The Morgan fingerprint density at radius 2 is 2.22 bits per heavy atom. The number of rotatable bonds is 8. The van der Waals surface area contributed by atoms with Gasteiger partial charge in [-0.1, -0.05) is 6.92 Å². The summed E-state index contributed by atoms with van der Waals surface area (Å²) in [5.41, 5.74) is 0. The molecule has 106 valence electrons. The molecule has 0 amide bonds. The van der Waals surface area contributed by atoms with E-state index in [0.29, 0.717) is 6.04 Å². The van der Waals surface area contributed by atoms with E-state index in [4.69, 9.17) is 17.0 Å². The van der Waals surface area contributed by atoms with E-state index in [0.717, 1.165) is 36.5 Å². The van der Waals surface area contributed by atoms with Gasteiger partial charge < -0.3 is 15.4 Å². The van der Waals surface area contributed by atoms with Gasteiger partial charge in [0, 0.05) is 31.1 Å². The van der Waals surface area contributed by atoms with Crippen LogP contribution in [0.5, 0.6) is 0 Å². The normalized spacial score (nSPS) is 23.0. The molecule has 0 spiro atoms. The summed E-state index contributed by atoms with van der Waals surface area (Å²) in [6.45, 7) is 6.75. The van der Waals surface area contributed by atoms with Crippen molar-refractivity contribution in [2.45, 2.75) is 50.8 Å². The van der Waals surface area contributed by atoms with Crippen molar-refractivity contribution in [2.24, 2.45) is 0 Å². The zero-order valence-electron chi connectivity index (χ0n) is 11.5. The minimum Gasteiger partial charge on any atom is -0.382 e. The van der Waals surface area contributed by atoms with Gasteiger partial charge in [-0.25, -0.2) is 0 Å². The van der Waals surface area contributed by atoms with E-state index < -0.39 is 0 Å². The van der Waals surface area contributed by atoms with Crippen LogP contribution < -0.4 is 10.6 Å². The van der Waals surface area contributed by atoms with Gasteiger partial charge in [0.15, 0.2) is 5.11 Å². The fourth-order valence-electron chi connectivity index (χ4n) is 2.22. The summed E-state index contributed by atoms with van der Waals surface area (Å²) in [6.07, 6.45) is 4.83. The number of thioether (sulfide) groups is 1. The standard InChI is InChI=1S/C13H26N2OS2/c1-3-16-9-5-8-14-13(17)15-11-6-7-12(10-11)18-4-2/h11-12H,3-10H2,1-2H3,(H2,14,15,17). The van der Waals surface area contributed by atoms with Crippen LogP contribution >= 0.6 is 24.0 Å². The molecular weight excluding hydrogens is 264 g/mol. The maximum absolute atomic E-state index is 5.30. The maximum atomic E-state index is 5.30. The van der Waals surface area contributed by atoms with Crippen LogP contribution in [0.15, 0.2) is 0 Å². The van der Waals surface area contributed by atoms with Crippen LogP contribution in [0.1, 0.15) is 39.5 Å². The molecule has 0 aliphatic heterocycles. The fraction of sp³-hybridized carbons (Fsp3) is 0.923. The highest BCUT2D eigenvalue weighted by molar-refractivity contribution is 7.99. The van der Waals surface area contributed by atoms with Crippen molar-refractivity contribution in [3.63, 3.8) is 0 Å². The van der Waals surface area contributed by atoms with Gasteiger partial charge >= 0.3 is 0 Å². The maximum Gasteiger partial charge on any atom is 0.166 e. The van der Waals surface area contributed by atoms with Gasteiger partial charge in [-0.15, -0.1) is 0 Å². The van der Waals surface area contributed by atoms with Crippen molar-refractivity contribution in [3.05, 3.63) is 0 Å². The van der Waals surface area contributed by atoms with E-state index in [1.54, 1.807) is 0 Å². The quantitative estimate of drug-likeness (QED) is 0.530. The molecule has 3 nitrogen and oxygen atoms in total. The lowest BCUT2D eigenvalue weighted by molar-refractivity contribution is 0.145. The van der Waals surface area contributed by atoms with Crippen LogP contribution in [0.25, 0.3) is 0 Å². The Balaban J connectivity index is 2.03. The molecule has 1 aliphatic carbocycles. The molecule has 5 heteroatoms. The predicted octanol–water partition coefficient (Wildman–Crippen LogP) is 2.55. The Morgan fingerprint density at radius 3 is 2.94 bits per heavy atom. The Kier molecular flexibility index (Phi) is 8.80. The third kappa shape index (κ3) is 6.81. The summed E-state index contributed by atoms with van der Waals surface area (Å²) in [6, 6.07) is 0.570. The van der Waals surface area contributed by atoms with E-state index in [9.17, 15) is 0 Å². The van der Waals surface area contributed by atoms with Crippen molar-refractivity contribution < 1.29 is 4.74 Å². The lowest BCUT2D eigenvalue weighted by atomic mass is 10.2. The second-order valence-corrected chi connectivity index (χ2v) is 6.52. The molecule has 0 bridgehead atoms. The first-order valence-electron chi connectivity index (χ1n) is 7.00. The molecule has 18 heavy (non-hydrogen) atoms. The molecule has 1 saturated carbocycles. The molecule has 1 fully saturated rings. The van der Waals surface area contributed by atoms with Crippen LogP contribution in [0, 0.1) is 0 Å². The molecule has 2 atom stereocenters. The molecule has 0 aromatic carbocycles. The van der Waals surface area contributed by atoms with Gasteiger partial charge in [-0.05, 0) is 50.6 Å². The fourth-order valence-corrected chi connectivity index (χ4v) is 3.63. The molecule has 2 unspecified atom stereocenters. The number of nitrogens with one attached hydrogen (secondary N) is 2. The predicted molar refractivity (Wildman–Crippen MR) is 84.4 cm³/mol. The summed E-state index contributed by atoms with van der Waals surface area (Å²) in [5, 5.41) is 8.30. The minimum absolute atomic E-state index is 0.570. The summed E-state index contributed by atoms with van der Waals surface area (Å²) in [7, 11) is 0. The molecule has 1 rings (SSSR count). The summed E-state index contributed by atoms with van der Waals surface area (Å²) >= 11 is 7.38. The van der Waals surface area contributed by atoms with Gasteiger partial charge in [0.05, 0.1) is 0 Å². The van der Waals surface area contributed by atoms with Crippen molar-refractivity contribution >= 4 is 29.1 Å². The molecule has 0 saturated heterocycles. The number of thiocarbonyl (C=S) groups is 1. The van der Waals surface area contributed by atoms with Gasteiger partial charge in [0.25, 0.3) is 0 Å². The van der Waals surface area contributed by atoms with Gasteiger partial charge in [0.1, 0.15) is 0 Å². The van der Waals surface area contributed by atoms with E-state index >= 15 is 0 Å². The van der Waals surface area contributed by atoms with Crippen LogP contribution in [-0.2, 0) is 4.74 Å². The van der Waals surface area contributed by atoms with E-state index in [2.05, 4.69) is 29.3 Å². The minimum atomic E-state index is 0.570. The van der Waals surface area contributed by atoms with Crippen molar-refractivity contribution in [1.29, 1.82) is 0 Å². The SMILES string of the molecule is CCOCCCNC(=S)NC1CCC(SCC)C1. The van der Waals surface area contributed by atoms with E-state index in [1.807, 2.05) is 6.92 Å². The average Bonchev–Trinajstić information content (AvgIpc) is 2.77. The second-order valence-electron chi connectivity index (χ2n) is 4.54. The Hall–Kier alpha value is 0. The van der Waals surface area contributed by atoms with Gasteiger partial charge in [-0.3, -0.25) is 0 Å². The highest BCUT2D eigenvalue weighted by Crippen LogP contribution is 2.29. The smallest absolute Gasteiger partial charge is 0.166 e. The van der Waals surface area contributed by atoms with Crippen LogP contribution in [-0.4, -0.2) is 41.9 Å². The molecule has 0 heterocycles. The van der Waals surface area contributed by atoms with Gasteiger partial charge in [-0.2, -0.15) is 11.8 Å². The monoisotopic (exact) mass is 290 g/mol. The van der Waals surface area contributed by atoms with Crippen LogP contribution in [0.2, 0.25) is 0 Å². The van der Waals surface area contributed by atoms with Crippen LogP contribution in [0.4, 0.5) is 0 Å². The number of hydrogen-bond acceptors (Lipinski definition) is 3. The molecule has 0 radical (unpaired) electrons. The third-order valence-corrected chi connectivity index (χ3v) is 4.57.